The van der Waals surface area contributed by atoms with Crippen molar-refractivity contribution < 1.29 is 0 Å². The molecule has 0 fully saturated rings. The molecule has 17 heavy (non-hydrogen) atoms. The molecule has 0 unspecified atom stereocenters. The van der Waals surface area contributed by atoms with Crippen molar-refractivity contribution in [3.8, 4) is 0 Å². The Morgan fingerprint density at radius 2 is 2.06 bits per heavy atom. The Hall–Kier alpha value is -1.51. The van der Waals surface area contributed by atoms with Crippen LogP contribution in [0.15, 0.2) is 36.8 Å². The molecule has 1 aliphatic heterocycles. The van der Waals surface area contributed by atoms with E-state index in [1.165, 1.54) is 19.3 Å². The summed E-state index contributed by atoms with van der Waals surface area (Å²) in [6.07, 6.45) is 9.74. The molecule has 3 heteroatoms. The monoisotopic (exact) mass is 229 g/mol. The van der Waals surface area contributed by atoms with Crippen LogP contribution in [0, 0.1) is 6.67 Å². The van der Waals surface area contributed by atoms with Crippen molar-refractivity contribution in [1.82, 2.24) is 14.8 Å². The van der Waals surface area contributed by atoms with Crippen LogP contribution in [0.3, 0.4) is 0 Å². The van der Waals surface area contributed by atoms with Gasteiger partial charge in [-0.1, -0.05) is 25.8 Å². The van der Waals surface area contributed by atoms with E-state index in [4.69, 9.17) is 0 Å². The fraction of sp³-hybridized carbons (Fsp3) is 0.429. The molecule has 0 aromatic carbocycles. The molecular formula is C14H19N3. The van der Waals surface area contributed by atoms with Gasteiger partial charge in [0.1, 0.15) is 0 Å². The van der Waals surface area contributed by atoms with Gasteiger partial charge in [0.25, 0.3) is 0 Å². The lowest BCUT2D eigenvalue weighted by Crippen LogP contribution is -2.20. The van der Waals surface area contributed by atoms with E-state index in [1.807, 2.05) is 29.3 Å². The zero-order valence-corrected chi connectivity index (χ0v) is 10.3. The third-order valence-corrected chi connectivity index (χ3v) is 2.74. The maximum Gasteiger partial charge on any atom is 0.208 e. The summed E-state index contributed by atoms with van der Waals surface area (Å²) in [6, 6.07) is 5.99. The molecule has 0 atom stereocenters. The minimum Gasteiger partial charge on any atom is -0.346 e. The van der Waals surface area contributed by atoms with Crippen LogP contribution in [-0.4, -0.2) is 21.3 Å². The van der Waals surface area contributed by atoms with Gasteiger partial charge in [-0.2, -0.15) is 0 Å². The molecule has 2 heterocycles. The number of hydrogen-bond acceptors (Lipinski definition) is 3. The fourth-order valence-electron chi connectivity index (χ4n) is 1.80. The first-order chi connectivity index (χ1) is 8.38. The molecule has 2 radical (unpaired) electrons. The molecule has 1 aromatic heterocycles. The Morgan fingerprint density at radius 3 is 2.82 bits per heavy atom. The zero-order chi connectivity index (χ0) is 11.9. The molecule has 0 spiro atoms. The molecule has 3 nitrogen and oxygen atoms in total. The van der Waals surface area contributed by atoms with Crippen LogP contribution in [0.2, 0.25) is 0 Å². The highest BCUT2D eigenvalue weighted by Gasteiger charge is 2.14. The van der Waals surface area contributed by atoms with E-state index in [2.05, 4.69) is 35.9 Å². The number of rotatable bonds is 6. The van der Waals surface area contributed by atoms with Crippen LogP contribution in [-0.2, 0) is 6.54 Å². The molecule has 0 saturated heterocycles. The molecule has 2 rings (SSSR count). The largest absolute Gasteiger partial charge is 0.346 e. The first-order valence-electron chi connectivity index (χ1n) is 6.26. The summed E-state index contributed by atoms with van der Waals surface area (Å²) < 4.78 is 0. The fourth-order valence-corrected chi connectivity index (χ4v) is 1.80. The maximum absolute atomic E-state index is 4.31. The van der Waals surface area contributed by atoms with Crippen molar-refractivity contribution in [2.24, 2.45) is 0 Å². The standard InChI is InChI=1S/C14H19N3/c1-2-3-6-9-16-10-11-17(13-16)12-14-7-4-5-8-15-14/h4-5,7-8,10-11H,2-3,6,9,12H2,1H3. The predicted molar refractivity (Wildman–Crippen MR) is 68.4 cm³/mol. The molecule has 0 aliphatic carbocycles. The van der Waals surface area contributed by atoms with Gasteiger partial charge in [-0.3, -0.25) is 4.98 Å². The van der Waals surface area contributed by atoms with E-state index < -0.39 is 0 Å². The molecule has 1 aromatic rings. The van der Waals surface area contributed by atoms with E-state index in [1.54, 1.807) is 0 Å². The minimum absolute atomic E-state index is 0.793. The quantitative estimate of drug-likeness (QED) is 0.699. The van der Waals surface area contributed by atoms with Gasteiger partial charge in [-0.25, -0.2) is 0 Å². The molecule has 0 amide bonds. The lowest BCUT2D eigenvalue weighted by molar-refractivity contribution is 0.331. The second kappa shape index (κ2) is 6.28. The van der Waals surface area contributed by atoms with Crippen LogP contribution in [0.1, 0.15) is 31.9 Å². The third-order valence-electron chi connectivity index (χ3n) is 2.74. The summed E-state index contributed by atoms with van der Waals surface area (Å²) >= 11 is 0. The Morgan fingerprint density at radius 1 is 1.18 bits per heavy atom. The SMILES string of the molecule is CCCCCN1[C]N(Cc2ccccn2)C=C1. The highest BCUT2D eigenvalue weighted by Crippen LogP contribution is 2.15. The van der Waals surface area contributed by atoms with Crippen LogP contribution >= 0.6 is 0 Å². The predicted octanol–water partition coefficient (Wildman–Crippen LogP) is 2.86. The summed E-state index contributed by atoms with van der Waals surface area (Å²) in [6.45, 7) is 7.39. The van der Waals surface area contributed by atoms with Gasteiger partial charge in [0, 0.05) is 25.1 Å². The van der Waals surface area contributed by atoms with Gasteiger partial charge in [0.05, 0.1) is 12.2 Å². The summed E-state index contributed by atoms with van der Waals surface area (Å²) in [5, 5.41) is 0. The van der Waals surface area contributed by atoms with Crippen molar-refractivity contribution in [2.45, 2.75) is 32.7 Å². The zero-order valence-electron chi connectivity index (χ0n) is 10.3. The number of unbranched alkanes of at least 4 members (excludes halogenated alkanes) is 2. The summed E-state index contributed by atoms with van der Waals surface area (Å²) in [5.41, 5.74) is 1.07. The molecule has 0 N–H and O–H groups in total. The summed E-state index contributed by atoms with van der Waals surface area (Å²) in [5.74, 6) is 0. The first-order valence-corrected chi connectivity index (χ1v) is 6.26. The van der Waals surface area contributed by atoms with Gasteiger partial charge in [0.15, 0.2) is 0 Å². The minimum atomic E-state index is 0.793. The second-order valence-electron chi connectivity index (χ2n) is 4.25. The normalized spacial score (nSPS) is 14.6. The Labute approximate surface area is 104 Å². The number of aromatic nitrogens is 1. The molecule has 90 valence electrons. The lowest BCUT2D eigenvalue weighted by atomic mass is 10.2. The van der Waals surface area contributed by atoms with Gasteiger partial charge in [0.2, 0.25) is 6.67 Å². The molecule has 0 bridgehead atoms. The average molecular weight is 229 g/mol. The van der Waals surface area contributed by atoms with Crippen LogP contribution in [0.5, 0.6) is 0 Å². The number of pyridine rings is 1. The van der Waals surface area contributed by atoms with E-state index >= 15 is 0 Å². The van der Waals surface area contributed by atoms with Crippen LogP contribution < -0.4 is 0 Å². The van der Waals surface area contributed by atoms with E-state index in [0.29, 0.717) is 0 Å². The van der Waals surface area contributed by atoms with Gasteiger partial charge >= 0.3 is 0 Å². The number of hydrogen-bond donors (Lipinski definition) is 0. The van der Waals surface area contributed by atoms with Gasteiger partial charge in [-0.15, -0.1) is 0 Å². The molecule has 0 saturated carbocycles. The Kier molecular flexibility index (Phi) is 4.42. The lowest BCUT2D eigenvalue weighted by Gasteiger charge is -2.18. The average Bonchev–Trinajstić information content (AvgIpc) is 2.79. The van der Waals surface area contributed by atoms with Crippen molar-refractivity contribution in [1.29, 1.82) is 0 Å². The van der Waals surface area contributed by atoms with Crippen LogP contribution in [0.4, 0.5) is 0 Å². The van der Waals surface area contributed by atoms with E-state index in [9.17, 15) is 0 Å². The Bertz CT molecular complexity index is 348. The summed E-state index contributed by atoms with van der Waals surface area (Å²) in [4.78, 5) is 8.48. The highest BCUT2D eigenvalue weighted by molar-refractivity contribution is 5.06. The van der Waals surface area contributed by atoms with Crippen LogP contribution in [0.25, 0.3) is 0 Å². The van der Waals surface area contributed by atoms with Crippen molar-refractivity contribution in [3.05, 3.63) is 49.2 Å². The van der Waals surface area contributed by atoms with Gasteiger partial charge in [-0.05, 0) is 18.6 Å². The molecular weight excluding hydrogens is 210 g/mol. The van der Waals surface area contributed by atoms with E-state index in [-0.39, 0.29) is 0 Å². The smallest absolute Gasteiger partial charge is 0.208 e. The summed E-state index contributed by atoms with van der Waals surface area (Å²) in [7, 11) is 0. The maximum atomic E-state index is 4.31. The van der Waals surface area contributed by atoms with Crippen molar-refractivity contribution in [3.63, 3.8) is 0 Å². The van der Waals surface area contributed by atoms with Crippen molar-refractivity contribution in [2.75, 3.05) is 6.54 Å². The third kappa shape index (κ3) is 3.77. The van der Waals surface area contributed by atoms with E-state index in [0.717, 1.165) is 18.8 Å². The highest BCUT2D eigenvalue weighted by atomic mass is 15.3. The Balaban J connectivity index is 1.74. The molecule has 1 aliphatic rings. The van der Waals surface area contributed by atoms with Gasteiger partial charge < -0.3 is 9.80 Å². The first kappa shape index (κ1) is 12.0. The van der Waals surface area contributed by atoms with Crippen molar-refractivity contribution >= 4 is 0 Å². The second-order valence-corrected chi connectivity index (χ2v) is 4.25. The topological polar surface area (TPSA) is 19.4 Å². The number of nitrogens with zero attached hydrogens (tertiary/aromatic N) is 3.